The molecule has 0 aliphatic carbocycles. The Kier molecular flexibility index (Phi) is 4.33. The van der Waals surface area contributed by atoms with Gasteiger partial charge >= 0.3 is 12.2 Å². The highest BCUT2D eigenvalue weighted by molar-refractivity contribution is 5.24. The minimum Gasteiger partial charge on any atom is -0.406 e. The summed E-state index contributed by atoms with van der Waals surface area (Å²) in [6.45, 7) is 2.47. The molecule has 1 atom stereocenters. The van der Waals surface area contributed by atoms with Crippen molar-refractivity contribution in [2.75, 3.05) is 18.0 Å². The third-order valence-corrected chi connectivity index (χ3v) is 1.95. The molecule has 2 N–H and O–H groups in total. The minimum absolute atomic E-state index is 0.128. The Balaban J connectivity index is 2.81. The fourth-order valence-electron chi connectivity index (χ4n) is 1.27. The molecule has 0 bridgehead atoms. The third-order valence-electron chi connectivity index (χ3n) is 1.95. The Morgan fingerprint density at radius 3 is 2.47 bits per heavy atom. The van der Waals surface area contributed by atoms with E-state index in [0.29, 0.717) is 6.42 Å². The molecule has 0 saturated heterocycles. The van der Waals surface area contributed by atoms with Crippen LogP contribution < -0.4 is 10.6 Å². The summed E-state index contributed by atoms with van der Waals surface area (Å²) in [6.07, 6.45) is -3.76. The molecule has 0 aliphatic rings. The van der Waals surface area contributed by atoms with Crippen molar-refractivity contribution in [1.29, 1.82) is 0 Å². The summed E-state index contributed by atoms with van der Waals surface area (Å²) in [5.74, 6) is 0.128. The Morgan fingerprint density at radius 2 is 2.06 bits per heavy atom. The quantitative estimate of drug-likeness (QED) is 0.866. The van der Waals surface area contributed by atoms with Gasteiger partial charge in [-0.25, -0.2) is 0 Å². The second kappa shape index (κ2) is 5.35. The van der Waals surface area contributed by atoms with Crippen LogP contribution in [0.2, 0.25) is 0 Å². The van der Waals surface area contributed by atoms with E-state index < -0.39 is 18.8 Å². The molecular formula is C9H15F3N4O. The van der Waals surface area contributed by atoms with E-state index in [9.17, 15) is 13.2 Å². The second-order valence-electron chi connectivity index (χ2n) is 3.75. The number of anilines is 1. The Hall–Kier alpha value is -1.31. The van der Waals surface area contributed by atoms with Gasteiger partial charge in [0.1, 0.15) is 6.54 Å². The molecule has 0 radical (unpaired) electrons. The van der Waals surface area contributed by atoms with Crippen LogP contribution in [-0.2, 0) is 0 Å². The van der Waals surface area contributed by atoms with Gasteiger partial charge < -0.3 is 15.1 Å². The SMILES string of the molecule is CCCN(CC(F)(F)F)c1nnc(C(C)N)o1. The molecule has 0 aromatic carbocycles. The molecular weight excluding hydrogens is 237 g/mol. The van der Waals surface area contributed by atoms with Gasteiger partial charge in [-0.1, -0.05) is 12.0 Å². The van der Waals surface area contributed by atoms with E-state index in [4.69, 9.17) is 10.2 Å². The standard InChI is InChI=1S/C9H15F3N4O/c1-3-4-16(5-9(10,11)12)8-15-14-7(17-8)6(2)13/h6H,3-5,13H2,1-2H3. The Morgan fingerprint density at radius 1 is 1.41 bits per heavy atom. The van der Waals surface area contributed by atoms with Crippen molar-refractivity contribution >= 4 is 6.01 Å². The molecule has 0 spiro atoms. The molecule has 1 heterocycles. The highest BCUT2D eigenvalue weighted by Gasteiger charge is 2.32. The molecule has 1 aromatic rings. The number of hydrogen-bond donors (Lipinski definition) is 1. The molecule has 17 heavy (non-hydrogen) atoms. The molecule has 8 heteroatoms. The van der Waals surface area contributed by atoms with Crippen molar-refractivity contribution in [2.24, 2.45) is 5.73 Å². The molecule has 98 valence electrons. The summed E-state index contributed by atoms with van der Waals surface area (Å²) in [4.78, 5) is 0.999. The highest BCUT2D eigenvalue weighted by atomic mass is 19.4. The van der Waals surface area contributed by atoms with Gasteiger partial charge in [0.2, 0.25) is 5.89 Å². The van der Waals surface area contributed by atoms with Gasteiger partial charge in [-0.2, -0.15) is 13.2 Å². The normalized spacial score (nSPS) is 13.8. The Bertz CT molecular complexity index is 350. The predicted molar refractivity (Wildman–Crippen MR) is 55.5 cm³/mol. The zero-order chi connectivity index (χ0) is 13.1. The maximum absolute atomic E-state index is 12.3. The van der Waals surface area contributed by atoms with E-state index in [-0.39, 0.29) is 18.5 Å². The number of alkyl halides is 3. The lowest BCUT2D eigenvalue weighted by Gasteiger charge is -2.20. The van der Waals surface area contributed by atoms with E-state index in [1.165, 1.54) is 0 Å². The van der Waals surface area contributed by atoms with Crippen molar-refractivity contribution in [2.45, 2.75) is 32.5 Å². The average molecular weight is 252 g/mol. The van der Waals surface area contributed by atoms with Crippen LogP contribution in [0.15, 0.2) is 4.42 Å². The van der Waals surface area contributed by atoms with E-state index >= 15 is 0 Å². The van der Waals surface area contributed by atoms with Crippen LogP contribution in [0.5, 0.6) is 0 Å². The van der Waals surface area contributed by atoms with Crippen LogP contribution in [0, 0.1) is 0 Å². The van der Waals surface area contributed by atoms with Gasteiger partial charge in [0, 0.05) is 6.54 Å². The van der Waals surface area contributed by atoms with Gasteiger partial charge in [-0.3, -0.25) is 0 Å². The largest absolute Gasteiger partial charge is 0.406 e. The fourth-order valence-corrected chi connectivity index (χ4v) is 1.27. The van der Waals surface area contributed by atoms with Crippen LogP contribution in [-0.4, -0.2) is 29.5 Å². The monoisotopic (exact) mass is 252 g/mol. The first-order chi connectivity index (χ1) is 7.83. The summed E-state index contributed by atoms with van der Waals surface area (Å²) >= 11 is 0. The number of rotatable bonds is 5. The second-order valence-corrected chi connectivity index (χ2v) is 3.75. The molecule has 0 amide bonds. The van der Waals surface area contributed by atoms with Crippen LogP contribution in [0.25, 0.3) is 0 Å². The molecule has 0 fully saturated rings. The zero-order valence-corrected chi connectivity index (χ0v) is 9.66. The van der Waals surface area contributed by atoms with Crippen molar-refractivity contribution in [1.82, 2.24) is 10.2 Å². The zero-order valence-electron chi connectivity index (χ0n) is 9.66. The first-order valence-corrected chi connectivity index (χ1v) is 5.24. The van der Waals surface area contributed by atoms with Crippen molar-refractivity contribution < 1.29 is 17.6 Å². The van der Waals surface area contributed by atoms with Crippen molar-refractivity contribution in [3.05, 3.63) is 5.89 Å². The van der Waals surface area contributed by atoms with Crippen LogP contribution in [0.4, 0.5) is 19.2 Å². The lowest BCUT2D eigenvalue weighted by atomic mass is 10.4. The number of nitrogens with two attached hydrogens (primary N) is 1. The van der Waals surface area contributed by atoms with Crippen molar-refractivity contribution in [3.8, 4) is 0 Å². The van der Waals surface area contributed by atoms with E-state index in [1.54, 1.807) is 13.8 Å². The van der Waals surface area contributed by atoms with Gasteiger partial charge in [-0.15, -0.1) is 5.10 Å². The third kappa shape index (κ3) is 4.22. The smallest absolute Gasteiger partial charge is 0.406 e. The lowest BCUT2D eigenvalue weighted by Crippen LogP contribution is -2.35. The summed E-state index contributed by atoms with van der Waals surface area (Å²) in [6, 6.07) is -0.637. The summed E-state index contributed by atoms with van der Waals surface area (Å²) in [5, 5.41) is 7.17. The minimum atomic E-state index is -4.31. The first kappa shape index (κ1) is 13.8. The maximum atomic E-state index is 12.3. The maximum Gasteiger partial charge on any atom is 0.406 e. The van der Waals surface area contributed by atoms with Crippen molar-refractivity contribution in [3.63, 3.8) is 0 Å². The molecule has 1 rings (SSSR count). The molecule has 5 nitrogen and oxygen atoms in total. The lowest BCUT2D eigenvalue weighted by molar-refractivity contribution is -0.120. The summed E-state index contributed by atoms with van der Waals surface area (Å²) in [7, 11) is 0. The molecule has 0 saturated carbocycles. The van der Waals surface area contributed by atoms with Gasteiger partial charge in [0.25, 0.3) is 0 Å². The van der Waals surface area contributed by atoms with E-state index in [0.717, 1.165) is 4.90 Å². The van der Waals surface area contributed by atoms with Gasteiger partial charge in [-0.05, 0) is 13.3 Å². The van der Waals surface area contributed by atoms with Crippen LogP contribution >= 0.6 is 0 Å². The van der Waals surface area contributed by atoms with Crippen LogP contribution in [0.1, 0.15) is 32.2 Å². The van der Waals surface area contributed by atoms with E-state index in [1.807, 2.05) is 0 Å². The van der Waals surface area contributed by atoms with Gasteiger partial charge in [0.05, 0.1) is 6.04 Å². The topological polar surface area (TPSA) is 68.2 Å². The number of halogens is 3. The fraction of sp³-hybridized carbons (Fsp3) is 0.778. The molecule has 1 unspecified atom stereocenters. The number of hydrogen-bond acceptors (Lipinski definition) is 5. The average Bonchev–Trinajstić information content (AvgIpc) is 2.63. The van der Waals surface area contributed by atoms with Crippen LogP contribution in [0.3, 0.4) is 0 Å². The number of aromatic nitrogens is 2. The van der Waals surface area contributed by atoms with Gasteiger partial charge in [0.15, 0.2) is 0 Å². The Labute approximate surface area is 96.8 Å². The predicted octanol–water partition coefficient (Wildman–Crippen LogP) is 1.87. The number of nitrogens with zero attached hydrogens (tertiary/aromatic N) is 3. The summed E-state index contributed by atoms with van der Waals surface area (Å²) in [5.41, 5.74) is 5.49. The first-order valence-electron chi connectivity index (χ1n) is 5.24. The molecule has 1 aromatic heterocycles. The molecule has 0 aliphatic heterocycles. The van der Waals surface area contributed by atoms with E-state index in [2.05, 4.69) is 10.2 Å². The summed E-state index contributed by atoms with van der Waals surface area (Å²) < 4.78 is 42.1. The highest BCUT2D eigenvalue weighted by Crippen LogP contribution is 2.22.